The van der Waals surface area contributed by atoms with Crippen molar-refractivity contribution in [3.63, 3.8) is 0 Å². The Morgan fingerprint density at radius 3 is 2.78 bits per heavy atom. The van der Waals surface area contributed by atoms with Crippen molar-refractivity contribution in [3.05, 3.63) is 63.6 Å². The van der Waals surface area contributed by atoms with Crippen molar-refractivity contribution in [3.8, 4) is 0 Å². The van der Waals surface area contributed by atoms with Gasteiger partial charge < -0.3 is 5.11 Å². The van der Waals surface area contributed by atoms with Crippen LogP contribution in [0.3, 0.4) is 0 Å². The van der Waals surface area contributed by atoms with Gasteiger partial charge in [0.1, 0.15) is 11.9 Å². The largest absolute Gasteiger partial charge is 0.386 e. The summed E-state index contributed by atoms with van der Waals surface area (Å²) in [6, 6.07) is 8.48. The Balaban J connectivity index is 2.18. The van der Waals surface area contributed by atoms with E-state index in [2.05, 4.69) is 20.9 Å². The van der Waals surface area contributed by atoms with Crippen LogP contribution in [0, 0.1) is 12.7 Å². The average Bonchev–Trinajstić information content (AvgIpc) is 2.32. The number of nitrogens with zero attached hydrogens (tertiary/aromatic N) is 1. The zero-order valence-electron chi connectivity index (χ0n) is 9.90. The first-order chi connectivity index (χ1) is 8.56. The van der Waals surface area contributed by atoms with E-state index in [0.29, 0.717) is 15.7 Å². The zero-order valence-corrected chi connectivity index (χ0v) is 11.5. The third-order valence-corrected chi connectivity index (χ3v) is 3.20. The van der Waals surface area contributed by atoms with Crippen molar-refractivity contribution >= 4 is 15.9 Å². The molecule has 1 aromatic heterocycles. The lowest BCUT2D eigenvalue weighted by Gasteiger charge is -2.11. The molecule has 94 valence electrons. The summed E-state index contributed by atoms with van der Waals surface area (Å²) in [7, 11) is 0. The van der Waals surface area contributed by atoms with E-state index >= 15 is 0 Å². The molecule has 0 amide bonds. The lowest BCUT2D eigenvalue weighted by Crippen LogP contribution is -2.05. The maximum atomic E-state index is 13.6. The number of halogens is 2. The standard InChI is InChI=1S/C14H13BrFNO/c1-9-4-5-17-13(6-9)14(18)7-10-2-3-11(15)8-12(10)16/h2-6,8,14,18H,7H2,1H3. The second-order valence-corrected chi connectivity index (χ2v) is 5.13. The van der Waals surface area contributed by atoms with Gasteiger partial charge in [0.05, 0.1) is 5.69 Å². The first-order valence-corrected chi connectivity index (χ1v) is 6.40. The van der Waals surface area contributed by atoms with Crippen molar-refractivity contribution in [2.24, 2.45) is 0 Å². The number of aliphatic hydroxyl groups excluding tert-OH is 1. The van der Waals surface area contributed by atoms with Gasteiger partial charge in [-0.25, -0.2) is 4.39 Å². The molecule has 1 N–H and O–H groups in total. The first kappa shape index (κ1) is 13.2. The molecule has 1 unspecified atom stereocenters. The summed E-state index contributed by atoms with van der Waals surface area (Å²) in [5.41, 5.74) is 2.07. The minimum atomic E-state index is -0.791. The van der Waals surface area contributed by atoms with E-state index in [1.54, 1.807) is 24.4 Å². The van der Waals surface area contributed by atoms with Gasteiger partial charge in [-0.3, -0.25) is 4.98 Å². The highest BCUT2D eigenvalue weighted by atomic mass is 79.9. The average molecular weight is 310 g/mol. The molecule has 2 rings (SSSR count). The van der Waals surface area contributed by atoms with E-state index < -0.39 is 6.10 Å². The normalized spacial score (nSPS) is 12.4. The van der Waals surface area contributed by atoms with E-state index in [4.69, 9.17) is 0 Å². The van der Waals surface area contributed by atoms with Crippen LogP contribution in [0.25, 0.3) is 0 Å². The molecule has 0 fully saturated rings. The molecule has 1 atom stereocenters. The quantitative estimate of drug-likeness (QED) is 0.940. The fourth-order valence-electron chi connectivity index (χ4n) is 1.74. The molecule has 0 aliphatic rings. The van der Waals surface area contributed by atoms with Crippen LogP contribution in [-0.2, 0) is 6.42 Å². The topological polar surface area (TPSA) is 33.1 Å². The molecule has 0 spiro atoms. The summed E-state index contributed by atoms with van der Waals surface area (Å²) in [5.74, 6) is -0.323. The molecular weight excluding hydrogens is 297 g/mol. The molecule has 4 heteroatoms. The molecular formula is C14H13BrFNO. The number of aryl methyl sites for hydroxylation is 1. The van der Waals surface area contributed by atoms with Gasteiger partial charge in [0.15, 0.2) is 0 Å². The highest BCUT2D eigenvalue weighted by Gasteiger charge is 2.13. The maximum Gasteiger partial charge on any atom is 0.127 e. The van der Waals surface area contributed by atoms with Crippen molar-refractivity contribution in [1.82, 2.24) is 4.98 Å². The number of hydrogen-bond donors (Lipinski definition) is 1. The Labute approximate surface area is 114 Å². The summed E-state index contributed by atoms with van der Waals surface area (Å²) in [6.45, 7) is 1.93. The Morgan fingerprint density at radius 2 is 2.11 bits per heavy atom. The molecule has 0 aliphatic carbocycles. The second-order valence-electron chi connectivity index (χ2n) is 4.21. The van der Waals surface area contributed by atoms with Crippen molar-refractivity contribution < 1.29 is 9.50 Å². The summed E-state index contributed by atoms with van der Waals surface area (Å²) in [4.78, 5) is 4.10. The van der Waals surface area contributed by atoms with Gasteiger partial charge >= 0.3 is 0 Å². The number of aromatic nitrogens is 1. The van der Waals surface area contributed by atoms with Gasteiger partial charge in [-0.05, 0) is 42.3 Å². The van der Waals surface area contributed by atoms with Crippen LogP contribution in [0.15, 0.2) is 41.0 Å². The summed E-state index contributed by atoms with van der Waals surface area (Å²) < 4.78 is 14.3. The predicted octanol–water partition coefficient (Wildman–Crippen LogP) is 3.57. The highest BCUT2D eigenvalue weighted by Crippen LogP contribution is 2.21. The van der Waals surface area contributed by atoms with E-state index in [1.165, 1.54) is 6.07 Å². The first-order valence-electron chi connectivity index (χ1n) is 5.61. The molecule has 0 saturated carbocycles. The van der Waals surface area contributed by atoms with Crippen LogP contribution in [0.5, 0.6) is 0 Å². The third kappa shape index (κ3) is 3.15. The monoisotopic (exact) mass is 309 g/mol. The number of aliphatic hydroxyl groups is 1. The van der Waals surface area contributed by atoms with E-state index in [1.807, 2.05) is 13.0 Å². The molecule has 0 bridgehead atoms. The Hall–Kier alpha value is -1.26. The van der Waals surface area contributed by atoms with Crippen LogP contribution in [-0.4, -0.2) is 10.1 Å². The summed E-state index contributed by atoms with van der Waals surface area (Å²) in [6.07, 6.45) is 1.07. The molecule has 1 heterocycles. The van der Waals surface area contributed by atoms with Gasteiger partial charge in [-0.15, -0.1) is 0 Å². The lowest BCUT2D eigenvalue weighted by atomic mass is 10.0. The number of benzene rings is 1. The number of pyridine rings is 1. The van der Waals surface area contributed by atoms with Gasteiger partial charge in [-0.1, -0.05) is 22.0 Å². The van der Waals surface area contributed by atoms with Crippen molar-refractivity contribution in [1.29, 1.82) is 0 Å². The third-order valence-electron chi connectivity index (χ3n) is 2.71. The Bertz CT molecular complexity index is 559. The van der Waals surface area contributed by atoms with Crippen LogP contribution in [0.2, 0.25) is 0 Å². The fraction of sp³-hybridized carbons (Fsp3) is 0.214. The molecule has 0 aliphatic heterocycles. The second kappa shape index (κ2) is 5.59. The minimum Gasteiger partial charge on any atom is -0.386 e. The number of rotatable bonds is 3. The van der Waals surface area contributed by atoms with Crippen LogP contribution >= 0.6 is 15.9 Å². The summed E-state index contributed by atoms with van der Waals surface area (Å²) >= 11 is 3.20. The molecule has 0 radical (unpaired) electrons. The van der Waals surface area contributed by atoms with E-state index in [9.17, 15) is 9.50 Å². The Morgan fingerprint density at radius 1 is 1.33 bits per heavy atom. The van der Waals surface area contributed by atoms with Gasteiger partial charge in [0, 0.05) is 17.1 Å². The maximum absolute atomic E-state index is 13.6. The van der Waals surface area contributed by atoms with E-state index in [-0.39, 0.29) is 12.2 Å². The molecule has 2 nitrogen and oxygen atoms in total. The molecule has 1 aromatic carbocycles. The lowest BCUT2D eigenvalue weighted by molar-refractivity contribution is 0.172. The molecule has 2 aromatic rings. The van der Waals surface area contributed by atoms with Crippen LogP contribution in [0.1, 0.15) is 22.9 Å². The molecule has 18 heavy (non-hydrogen) atoms. The van der Waals surface area contributed by atoms with E-state index in [0.717, 1.165) is 5.56 Å². The highest BCUT2D eigenvalue weighted by molar-refractivity contribution is 9.10. The molecule has 0 saturated heterocycles. The van der Waals surface area contributed by atoms with Crippen LogP contribution < -0.4 is 0 Å². The van der Waals surface area contributed by atoms with Crippen molar-refractivity contribution in [2.45, 2.75) is 19.4 Å². The zero-order chi connectivity index (χ0) is 13.1. The Kier molecular flexibility index (Phi) is 4.09. The van der Waals surface area contributed by atoms with Crippen LogP contribution in [0.4, 0.5) is 4.39 Å². The fourth-order valence-corrected chi connectivity index (χ4v) is 2.08. The minimum absolute atomic E-state index is 0.218. The van der Waals surface area contributed by atoms with Gasteiger partial charge in [-0.2, -0.15) is 0 Å². The summed E-state index contributed by atoms with van der Waals surface area (Å²) in [5, 5.41) is 10.1. The van der Waals surface area contributed by atoms with Crippen molar-refractivity contribution in [2.75, 3.05) is 0 Å². The number of hydrogen-bond acceptors (Lipinski definition) is 2. The SMILES string of the molecule is Cc1ccnc(C(O)Cc2ccc(Br)cc2F)c1. The van der Waals surface area contributed by atoms with Gasteiger partial charge in [0.2, 0.25) is 0 Å². The predicted molar refractivity (Wildman–Crippen MR) is 71.7 cm³/mol. The van der Waals surface area contributed by atoms with Gasteiger partial charge in [0.25, 0.3) is 0 Å². The smallest absolute Gasteiger partial charge is 0.127 e.